The summed E-state index contributed by atoms with van der Waals surface area (Å²) in [5.41, 5.74) is -0.798. The van der Waals surface area contributed by atoms with E-state index in [9.17, 15) is 28.2 Å². The molecule has 0 saturated carbocycles. The van der Waals surface area contributed by atoms with E-state index in [0.29, 0.717) is 27.1 Å². The fraction of sp³-hybridized carbons (Fsp3) is 0.138. The molecular formula is C29H20ClF3O3. The lowest BCUT2D eigenvalue weighted by Gasteiger charge is -2.25. The quantitative estimate of drug-likeness (QED) is 0.295. The van der Waals surface area contributed by atoms with Gasteiger partial charge in [0.15, 0.2) is 0 Å². The molecule has 0 spiro atoms. The summed E-state index contributed by atoms with van der Waals surface area (Å²) in [6.07, 6.45) is -5.27. The number of aliphatic hydroxyl groups is 1. The first kappa shape index (κ1) is 25.3. The molecule has 0 aliphatic rings. The molecule has 182 valence electrons. The van der Waals surface area contributed by atoms with Crippen LogP contribution in [0.2, 0.25) is 5.02 Å². The average molecular weight is 509 g/mol. The van der Waals surface area contributed by atoms with Crippen molar-refractivity contribution in [3.63, 3.8) is 0 Å². The van der Waals surface area contributed by atoms with Crippen molar-refractivity contribution >= 4 is 28.3 Å². The third-order valence-corrected chi connectivity index (χ3v) is 6.17. The predicted octanol–water partition coefficient (Wildman–Crippen LogP) is 6.90. The van der Waals surface area contributed by atoms with Gasteiger partial charge in [-0.05, 0) is 70.1 Å². The molecule has 1 atom stereocenters. The lowest BCUT2D eigenvalue weighted by atomic mass is 9.88. The molecule has 0 radical (unpaired) electrons. The maximum absolute atomic E-state index is 13.9. The van der Waals surface area contributed by atoms with Crippen LogP contribution in [-0.2, 0) is 16.8 Å². The Bertz CT molecular complexity index is 1500. The van der Waals surface area contributed by atoms with Gasteiger partial charge in [0.25, 0.3) is 0 Å². The molecule has 1 unspecified atom stereocenters. The van der Waals surface area contributed by atoms with Crippen LogP contribution in [0.15, 0.2) is 78.9 Å². The summed E-state index contributed by atoms with van der Waals surface area (Å²) in [6.45, 7) is 1.81. The SMILES string of the molecule is Cc1cc2ccc(C#CC(O)(c3ccccc3)C(F)(F)F)cc2c(-c2ccc(Cl)cc2)c1CC(=O)O. The van der Waals surface area contributed by atoms with Crippen molar-refractivity contribution in [2.45, 2.75) is 25.1 Å². The average Bonchev–Trinajstić information content (AvgIpc) is 2.83. The first-order chi connectivity index (χ1) is 17.0. The highest BCUT2D eigenvalue weighted by Crippen LogP contribution is 2.39. The normalized spacial score (nSPS) is 13.1. The van der Waals surface area contributed by atoms with Gasteiger partial charge in [-0.1, -0.05) is 72.1 Å². The van der Waals surface area contributed by atoms with Crippen molar-refractivity contribution in [3.05, 3.63) is 106 Å². The summed E-state index contributed by atoms with van der Waals surface area (Å²) in [5, 5.41) is 22.0. The summed E-state index contributed by atoms with van der Waals surface area (Å²) in [6, 6.07) is 20.3. The number of alkyl halides is 3. The van der Waals surface area contributed by atoms with Gasteiger partial charge >= 0.3 is 12.1 Å². The van der Waals surface area contributed by atoms with E-state index >= 15 is 0 Å². The lowest BCUT2D eigenvalue weighted by molar-refractivity contribution is -0.240. The van der Waals surface area contributed by atoms with Gasteiger partial charge in [-0.25, -0.2) is 0 Å². The summed E-state index contributed by atoms with van der Waals surface area (Å²) < 4.78 is 41.6. The second-order valence-corrected chi connectivity index (χ2v) is 8.82. The minimum Gasteiger partial charge on any atom is -0.481 e. The Hall–Kier alpha value is -3.79. The van der Waals surface area contributed by atoms with Gasteiger partial charge in [0, 0.05) is 16.1 Å². The smallest absolute Gasteiger partial charge is 0.433 e. The van der Waals surface area contributed by atoms with E-state index in [0.717, 1.165) is 10.9 Å². The second-order valence-electron chi connectivity index (χ2n) is 8.38. The summed E-state index contributed by atoms with van der Waals surface area (Å²) in [4.78, 5) is 11.6. The van der Waals surface area contributed by atoms with Crippen molar-refractivity contribution in [2.75, 3.05) is 0 Å². The van der Waals surface area contributed by atoms with E-state index in [4.69, 9.17) is 11.6 Å². The minimum atomic E-state index is -5.03. The van der Waals surface area contributed by atoms with Crippen molar-refractivity contribution in [1.29, 1.82) is 0 Å². The molecule has 3 nitrogen and oxygen atoms in total. The van der Waals surface area contributed by atoms with Crippen molar-refractivity contribution in [1.82, 2.24) is 0 Å². The molecule has 0 bridgehead atoms. The highest BCUT2D eigenvalue weighted by atomic mass is 35.5. The van der Waals surface area contributed by atoms with E-state index in [1.54, 1.807) is 48.5 Å². The van der Waals surface area contributed by atoms with Crippen LogP contribution in [0.4, 0.5) is 13.2 Å². The Balaban J connectivity index is 1.94. The van der Waals surface area contributed by atoms with Crippen LogP contribution in [0, 0.1) is 18.8 Å². The molecule has 0 saturated heterocycles. The molecule has 0 amide bonds. The van der Waals surface area contributed by atoms with E-state index in [2.05, 4.69) is 5.92 Å². The number of carbonyl (C=O) groups is 1. The zero-order chi connectivity index (χ0) is 26.1. The van der Waals surface area contributed by atoms with Crippen LogP contribution >= 0.6 is 11.6 Å². The monoisotopic (exact) mass is 508 g/mol. The van der Waals surface area contributed by atoms with E-state index in [1.807, 2.05) is 18.9 Å². The maximum Gasteiger partial charge on any atom is 0.433 e. The number of fused-ring (bicyclic) bond motifs is 1. The summed E-state index contributed by atoms with van der Waals surface area (Å²) in [7, 11) is 0. The van der Waals surface area contributed by atoms with Crippen molar-refractivity contribution in [3.8, 4) is 23.0 Å². The van der Waals surface area contributed by atoms with E-state index in [1.165, 1.54) is 24.3 Å². The van der Waals surface area contributed by atoms with Gasteiger partial charge in [0.1, 0.15) is 0 Å². The second kappa shape index (κ2) is 9.69. The third-order valence-electron chi connectivity index (χ3n) is 5.92. The van der Waals surface area contributed by atoms with Crippen LogP contribution in [0.25, 0.3) is 21.9 Å². The number of carboxylic acids is 1. The summed E-state index contributed by atoms with van der Waals surface area (Å²) in [5.74, 6) is 3.50. The Morgan fingerprint density at radius 2 is 1.64 bits per heavy atom. The molecule has 4 rings (SSSR count). The molecule has 0 fully saturated rings. The number of hydrogen-bond acceptors (Lipinski definition) is 2. The van der Waals surface area contributed by atoms with Crippen LogP contribution in [0.5, 0.6) is 0 Å². The molecule has 0 heterocycles. The maximum atomic E-state index is 13.9. The summed E-state index contributed by atoms with van der Waals surface area (Å²) >= 11 is 6.04. The van der Waals surface area contributed by atoms with Crippen LogP contribution in [0.1, 0.15) is 22.3 Å². The molecule has 4 aromatic rings. The Kier molecular flexibility index (Phi) is 6.81. The number of halogens is 4. The lowest BCUT2D eigenvalue weighted by Crippen LogP contribution is -2.41. The van der Waals surface area contributed by atoms with E-state index < -0.39 is 17.7 Å². The Labute approximate surface area is 210 Å². The highest BCUT2D eigenvalue weighted by Gasteiger charge is 2.54. The number of aryl methyl sites for hydroxylation is 1. The third kappa shape index (κ3) is 4.94. The Morgan fingerprint density at radius 3 is 2.25 bits per heavy atom. The minimum absolute atomic E-state index is 0.237. The first-order valence-corrected chi connectivity index (χ1v) is 11.3. The largest absolute Gasteiger partial charge is 0.481 e. The standard InChI is InChI=1S/C29H20ClF3O3/c1-18-15-21-8-7-19(13-14-28(36,29(31,32)33)22-5-3-2-4-6-22)16-25(21)27(24(18)17-26(34)35)20-9-11-23(30)12-10-20/h2-12,15-16,36H,17H2,1H3,(H,34,35). The predicted molar refractivity (Wildman–Crippen MR) is 134 cm³/mol. The van der Waals surface area contributed by atoms with Gasteiger partial charge in [-0.2, -0.15) is 13.2 Å². The van der Waals surface area contributed by atoms with Crippen molar-refractivity contribution in [2.24, 2.45) is 0 Å². The van der Waals surface area contributed by atoms with Gasteiger partial charge in [-0.3, -0.25) is 4.79 Å². The molecule has 36 heavy (non-hydrogen) atoms. The number of benzene rings is 4. The topological polar surface area (TPSA) is 57.5 Å². The fourth-order valence-electron chi connectivity index (χ4n) is 4.13. The molecule has 0 aliphatic heterocycles. The fourth-order valence-corrected chi connectivity index (χ4v) is 4.26. The molecule has 4 aromatic carbocycles. The van der Waals surface area contributed by atoms with Crippen molar-refractivity contribution < 1.29 is 28.2 Å². The van der Waals surface area contributed by atoms with Crippen LogP contribution < -0.4 is 0 Å². The van der Waals surface area contributed by atoms with Gasteiger partial charge in [-0.15, -0.1) is 0 Å². The van der Waals surface area contributed by atoms with Gasteiger partial charge in [0.05, 0.1) is 6.42 Å². The first-order valence-electron chi connectivity index (χ1n) is 10.9. The Morgan fingerprint density at radius 1 is 0.972 bits per heavy atom. The van der Waals surface area contributed by atoms with E-state index in [-0.39, 0.29) is 17.5 Å². The zero-order valence-corrected chi connectivity index (χ0v) is 19.8. The molecule has 0 aromatic heterocycles. The highest BCUT2D eigenvalue weighted by molar-refractivity contribution is 6.30. The molecular weight excluding hydrogens is 489 g/mol. The number of carboxylic acid groups (broad SMARTS) is 1. The molecule has 7 heteroatoms. The van der Waals surface area contributed by atoms with Gasteiger partial charge in [0.2, 0.25) is 5.60 Å². The number of hydrogen-bond donors (Lipinski definition) is 2. The number of rotatable bonds is 4. The molecule has 2 N–H and O–H groups in total. The van der Waals surface area contributed by atoms with Crippen LogP contribution in [-0.4, -0.2) is 22.4 Å². The van der Waals surface area contributed by atoms with Crippen LogP contribution in [0.3, 0.4) is 0 Å². The zero-order valence-electron chi connectivity index (χ0n) is 19.0. The molecule has 0 aliphatic carbocycles. The van der Waals surface area contributed by atoms with Gasteiger partial charge < -0.3 is 10.2 Å². The number of aliphatic carboxylic acids is 1.